The fourth-order valence-electron chi connectivity index (χ4n) is 1.69. The number of hydrogen-bond acceptors (Lipinski definition) is 5. The van der Waals surface area contributed by atoms with Crippen molar-refractivity contribution >= 4 is 29.5 Å². The van der Waals surface area contributed by atoms with Crippen molar-refractivity contribution in [3.63, 3.8) is 0 Å². The average Bonchev–Trinajstić information content (AvgIpc) is 2.48. The van der Waals surface area contributed by atoms with E-state index in [2.05, 4.69) is 20.6 Å². The molecule has 3 N–H and O–H groups in total. The second-order valence-corrected chi connectivity index (χ2v) is 4.19. The molecule has 0 radical (unpaired) electrons. The number of nitrogens with zero attached hydrogens (tertiary/aromatic N) is 2. The van der Waals surface area contributed by atoms with Gasteiger partial charge < -0.3 is 15.7 Å². The van der Waals surface area contributed by atoms with E-state index in [0.29, 0.717) is 23.9 Å². The standard InChI is InChI=1S/C15H16N4O2/c1-2-16-14-11(8-9-13(20)21)10-17-15(19-14)18-12-6-4-3-5-7-12/h3-10H,2H2,1H3,(H,20,21)(H2,16,17,18,19). The molecule has 1 aromatic carbocycles. The largest absolute Gasteiger partial charge is 0.478 e. The first-order valence-corrected chi connectivity index (χ1v) is 6.53. The van der Waals surface area contributed by atoms with Gasteiger partial charge in [-0.3, -0.25) is 0 Å². The number of para-hydroxylation sites is 1. The van der Waals surface area contributed by atoms with Crippen LogP contribution < -0.4 is 10.6 Å². The lowest BCUT2D eigenvalue weighted by molar-refractivity contribution is -0.131. The predicted octanol–water partition coefficient (Wildman–Crippen LogP) is 2.75. The van der Waals surface area contributed by atoms with Gasteiger partial charge in [-0.05, 0) is 25.1 Å². The van der Waals surface area contributed by atoms with Gasteiger partial charge in [-0.1, -0.05) is 18.2 Å². The Hall–Kier alpha value is -2.89. The summed E-state index contributed by atoms with van der Waals surface area (Å²) in [6, 6.07) is 9.58. The molecule has 0 aliphatic heterocycles. The van der Waals surface area contributed by atoms with Crippen molar-refractivity contribution in [2.45, 2.75) is 6.92 Å². The van der Waals surface area contributed by atoms with E-state index in [0.717, 1.165) is 11.8 Å². The molecular formula is C15H16N4O2. The van der Waals surface area contributed by atoms with Gasteiger partial charge in [-0.2, -0.15) is 4.98 Å². The molecule has 21 heavy (non-hydrogen) atoms. The van der Waals surface area contributed by atoms with Crippen LogP contribution in [-0.2, 0) is 4.79 Å². The van der Waals surface area contributed by atoms with Crippen LogP contribution in [0.25, 0.3) is 6.08 Å². The fraction of sp³-hybridized carbons (Fsp3) is 0.133. The highest BCUT2D eigenvalue weighted by molar-refractivity contribution is 5.86. The van der Waals surface area contributed by atoms with Crippen molar-refractivity contribution in [2.75, 3.05) is 17.2 Å². The van der Waals surface area contributed by atoms with Crippen LogP contribution >= 0.6 is 0 Å². The Balaban J connectivity index is 2.25. The van der Waals surface area contributed by atoms with E-state index in [1.165, 1.54) is 6.08 Å². The maximum atomic E-state index is 10.6. The Morgan fingerprint density at radius 2 is 2.10 bits per heavy atom. The molecule has 6 heteroatoms. The third-order valence-electron chi connectivity index (χ3n) is 2.60. The lowest BCUT2D eigenvalue weighted by atomic mass is 10.2. The van der Waals surface area contributed by atoms with Gasteiger partial charge in [0.2, 0.25) is 5.95 Å². The summed E-state index contributed by atoms with van der Waals surface area (Å²) in [6.07, 6.45) is 4.10. The zero-order chi connectivity index (χ0) is 15.1. The lowest BCUT2D eigenvalue weighted by Gasteiger charge is -2.09. The van der Waals surface area contributed by atoms with Crippen molar-refractivity contribution in [3.8, 4) is 0 Å². The Labute approximate surface area is 122 Å². The Morgan fingerprint density at radius 1 is 1.33 bits per heavy atom. The van der Waals surface area contributed by atoms with Gasteiger partial charge in [0, 0.05) is 30.1 Å². The number of carboxylic acid groups (broad SMARTS) is 1. The number of rotatable bonds is 6. The normalized spacial score (nSPS) is 10.5. The Morgan fingerprint density at radius 3 is 2.76 bits per heavy atom. The van der Waals surface area contributed by atoms with E-state index in [9.17, 15) is 4.79 Å². The molecule has 108 valence electrons. The third-order valence-corrected chi connectivity index (χ3v) is 2.60. The minimum Gasteiger partial charge on any atom is -0.478 e. The molecular weight excluding hydrogens is 268 g/mol. The Kier molecular flexibility index (Phi) is 4.87. The first-order chi connectivity index (χ1) is 10.2. The minimum atomic E-state index is -1.01. The Bertz CT molecular complexity index is 641. The quantitative estimate of drug-likeness (QED) is 0.707. The number of carbonyl (C=O) groups is 1. The fourth-order valence-corrected chi connectivity index (χ4v) is 1.69. The van der Waals surface area contributed by atoms with E-state index >= 15 is 0 Å². The molecule has 0 saturated carbocycles. The molecule has 0 saturated heterocycles. The van der Waals surface area contributed by atoms with Gasteiger partial charge in [0.1, 0.15) is 5.82 Å². The molecule has 2 rings (SSSR count). The minimum absolute atomic E-state index is 0.449. The van der Waals surface area contributed by atoms with Gasteiger partial charge in [0.15, 0.2) is 0 Å². The van der Waals surface area contributed by atoms with E-state index in [-0.39, 0.29) is 0 Å². The highest BCUT2D eigenvalue weighted by Gasteiger charge is 2.05. The van der Waals surface area contributed by atoms with E-state index in [4.69, 9.17) is 5.11 Å². The molecule has 0 spiro atoms. The number of nitrogens with one attached hydrogen (secondary N) is 2. The third kappa shape index (κ3) is 4.31. The van der Waals surface area contributed by atoms with Crippen molar-refractivity contribution < 1.29 is 9.90 Å². The number of carboxylic acids is 1. The highest BCUT2D eigenvalue weighted by Crippen LogP contribution is 2.18. The summed E-state index contributed by atoms with van der Waals surface area (Å²) in [5.74, 6) is 0.0250. The molecule has 6 nitrogen and oxygen atoms in total. The molecule has 0 aliphatic carbocycles. The maximum absolute atomic E-state index is 10.6. The summed E-state index contributed by atoms with van der Waals surface area (Å²) in [5.41, 5.74) is 1.51. The van der Waals surface area contributed by atoms with Gasteiger partial charge in [0.05, 0.1) is 0 Å². The molecule has 0 atom stereocenters. The van der Waals surface area contributed by atoms with Crippen LogP contribution in [0.5, 0.6) is 0 Å². The number of aromatic nitrogens is 2. The smallest absolute Gasteiger partial charge is 0.328 e. The predicted molar refractivity (Wildman–Crippen MR) is 82.6 cm³/mol. The zero-order valence-electron chi connectivity index (χ0n) is 11.6. The lowest BCUT2D eigenvalue weighted by Crippen LogP contribution is -2.05. The SMILES string of the molecule is CCNc1nc(Nc2ccccc2)ncc1C=CC(=O)O. The van der Waals surface area contributed by atoms with Gasteiger partial charge in [-0.25, -0.2) is 9.78 Å². The van der Waals surface area contributed by atoms with Gasteiger partial charge >= 0.3 is 5.97 Å². The monoisotopic (exact) mass is 284 g/mol. The van der Waals surface area contributed by atoms with Crippen molar-refractivity contribution in [2.24, 2.45) is 0 Å². The maximum Gasteiger partial charge on any atom is 0.328 e. The summed E-state index contributed by atoms with van der Waals surface area (Å²) in [5, 5.41) is 14.9. The number of benzene rings is 1. The summed E-state index contributed by atoms with van der Waals surface area (Å²) in [4.78, 5) is 19.1. The second kappa shape index (κ2) is 7.04. The van der Waals surface area contributed by atoms with Crippen molar-refractivity contribution in [1.29, 1.82) is 0 Å². The van der Waals surface area contributed by atoms with Crippen LogP contribution in [0.1, 0.15) is 12.5 Å². The van der Waals surface area contributed by atoms with Crippen LogP contribution in [0.2, 0.25) is 0 Å². The van der Waals surface area contributed by atoms with E-state index in [1.807, 2.05) is 37.3 Å². The summed E-state index contributed by atoms with van der Waals surface area (Å²) >= 11 is 0. The van der Waals surface area contributed by atoms with Crippen LogP contribution in [0.4, 0.5) is 17.5 Å². The summed E-state index contributed by atoms with van der Waals surface area (Å²) < 4.78 is 0. The molecule has 0 amide bonds. The van der Waals surface area contributed by atoms with Crippen LogP contribution in [0.3, 0.4) is 0 Å². The molecule has 0 aliphatic rings. The second-order valence-electron chi connectivity index (χ2n) is 4.19. The van der Waals surface area contributed by atoms with Gasteiger partial charge in [-0.15, -0.1) is 0 Å². The van der Waals surface area contributed by atoms with Crippen LogP contribution in [0.15, 0.2) is 42.6 Å². The number of hydrogen-bond donors (Lipinski definition) is 3. The first-order valence-electron chi connectivity index (χ1n) is 6.53. The van der Waals surface area contributed by atoms with Crippen LogP contribution in [0, 0.1) is 0 Å². The average molecular weight is 284 g/mol. The molecule has 1 aromatic heterocycles. The van der Waals surface area contributed by atoms with Crippen molar-refractivity contribution in [3.05, 3.63) is 48.2 Å². The topological polar surface area (TPSA) is 87.1 Å². The first kappa shape index (κ1) is 14.5. The van der Waals surface area contributed by atoms with E-state index in [1.54, 1.807) is 6.20 Å². The summed E-state index contributed by atoms with van der Waals surface area (Å²) in [7, 11) is 0. The van der Waals surface area contributed by atoms with Crippen molar-refractivity contribution in [1.82, 2.24) is 9.97 Å². The van der Waals surface area contributed by atoms with E-state index < -0.39 is 5.97 Å². The summed E-state index contributed by atoms with van der Waals surface area (Å²) in [6.45, 7) is 2.62. The van der Waals surface area contributed by atoms with Crippen LogP contribution in [-0.4, -0.2) is 27.6 Å². The molecule has 0 unspecified atom stereocenters. The van der Waals surface area contributed by atoms with Gasteiger partial charge in [0.25, 0.3) is 0 Å². The highest BCUT2D eigenvalue weighted by atomic mass is 16.4. The molecule has 0 bridgehead atoms. The molecule has 2 aromatic rings. The molecule has 1 heterocycles. The number of aliphatic carboxylic acids is 1. The number of anilines is 3. The zero-order valence-corrected chi connectivity index (χ0v) is 11.6. The molecule has 0 fully saturated rings.